The molecule has 1 heterocycles. The summed E-state index contributed by atoms with van der Waals surface area (Å²) in [6.07, 6.45) is 7.59. The van der Waals surface area contributed by atoms with Crippen LogP contribution in [0.4, 0.5) is 5.69 Å². The second-order valence-corrected chi connectivity index (χ2v) is 7.42. The summed E-state index contributed by atoms with van der Waals surface area (Å²) in [4.78, 5) is 7.68. The van der Waals surface area contributed by atoms with Gasteiger partial charge in [0.1, 0.15) is 5.84 Å². The van der Waals surface area contributed by atoms with Crippen LogP contribution < -0.4 is 0 Å². The van der Waals surface area contributed by atoms with Gasteiger partial charge in [0.05, 0.1) is 11.7 Å². The zero-order chi connectivity index (χ0) is 17.1. The number of amidine groups is 1. The molecule has 2 aliphatic rings. The summed E-state index contributed by atoms with van der Waals surface area (Å²) in [5.41, 5.74) is 3.94. The van der Waals surface area contributed by atoms with Crippen LogP contribution in [0.15, 0.2) is 59.6 Å². The lowest BCUT2D eigenvalue weighted by atomic mass is 9.82. The molecule has 25 heavy (non-hydrogen) atoms. The molecule has 1 atom stereocenters. The predicted octanol–water partition coefficient (Wildman–Crippen LogP) is 5.92. The molecule has 0 bridgehead atoms. The molecule has 0 radical (unpaired) electrons. The molecule has 0 N–H and O–H groups in total. The van der Waals surface area contributed by atoms with Crippen LogP contribution in [0.5, 0.6) is 0 Å². The van der Waals surface area contributed by atoms with Crippen molar-refractivity contribution in [2.24, 2.45) is 10.9 Å². The Labute approximate surface area is 151 Å². The highest BCUT2D eigenvalue weighted by molar-refractivity contribution is 5.86. The van der Waals surface area contributed by atoms with E-state index >= 15 is 0 Å². The molecule has 2 heteroatoms. The van der Waals surface area contributed by atoms with Gasteiger partial charge in [0, 0.05) is 13.0 Å². The second-order valence-electron chi connectivity index (χ2n) is 7.42. The first-order chi connectivity index (χ1) is 12.3. The van der Waals surface area contributed by atoms with E-state index in [1.165, 1.54) is 42.6 Å². The van der Waals surface area contributed by atoms with Gasteiger partial charge in [0.2, 0.25) is 0 Å². The smallest absolute Gasteiger partial charge is 0.105 e. The molecular weight excluding hydrogens is 304 g/mol. The summed E-state index contributed by atoms with van der Waals surface area (Å²) < 4.78 is 0. The molecule has 0 amide bonds. The number of hydrogen-bond acceptors (Lipinski definition) is 2. The first-order valence-electron chi connectivity index (χ1n) is 9.82. The zero-order valence-corrected chi connectivity index (χ0v) is 15.2. The fourth-order valence-electron chi connectivity index (χ4n) is 4.14. The summed E-state index contributed by atoms with van der Waals surface area (Å²) in [7, 11) is 0. The number of fused-ring (bicyclic) bond motifs is 1. The molecule has 130 valence electrons. The standard InChI is InChI=1S/C23H28N2/c1-2-23-24-21-14-7-6-13-20(21)17-22(19-11-4-3-5-12-19)25(23)16-15-18-9-8-10-18/h3-7,11-14,18,22H,2,8-10,15-17H2,1H3. The van der Waals surface area contributed by atoms with Crippen molar-refractivity contribution in [3.63, 3.8) is 0 Å². The van der Waals surface area contributed by atoms with E-state index in [4.69, 9.17) is 4.99 Å². The van der Waals surface area contributed by atoms with Gasteiger partial charge in [-0.3, -0.25) is 0 Å². The Balaban J connectivity index is 1.70. The largest absolute Gasteiger partial charge is 0.353 e. The summed E-state index contributed by atoms with van der Waals surface area (Å²) in [5.74, 6) is 2.18. The highest BCUT2D eigenvalue weighted by Crippen LogP contribution is 2.36. The Morgan fingerprint density at radius 1 is 1.00 bits per heavy atom. The SMILES string of the molecule is CCC1=Nc2ccccc2CC(c2ccccc2)N1CCC1CCC1. The molecule has 2 nitrogen and oxygen atoms in total. The van der Waals surface area contributed by atoms with E-state index in [0.29, 0.717) is 6.04 Å². The molecule has 1 aliphatic heterocycles. The molecule has 1 fully saturated rings. The Morgan fingerprint density at radius 3 is 2.48 bits per heavy atom. The van der Waals surface area contributed by atoms with Crippen LogP contribution in [-0.4, -0.2) is 17.3 Å². The number of nitrogens with zero attached hydrogens (tertiary/aromatic N) is 2. The number of rotatable bonds is 5. The lowest BCUT2D eigenvalue weighted by Gasteiger charge is -2.36. The van der Waals surface area contributed by atoms with Gasteiger partial charge in [0.25, 0.3) is 0 Å². The molecule has 2 aromatic carbocycles. The third-order valence-electron chi connectivity index (χ3n) is 5.87. The first kappa shape index (κ1) is 16.4. The van der Waals surface area contributed by atoms with Gasteiger partial charge >= 0.3 is 0 Å². The van der Waals surface area contributed by atoms with Crippen LogP contribution in [-0.2, 0) is 6.42 Å². The average Bonchev–Trinajstić information content (AvgIpc) is 2.78. The Morgan fingerprint density at radius 2 is 1.76 bits per heavy atom. The maximum Gasteiger partial charge on any atom is 0.105 e. The van der Waals surface area contributed by atoms with Crippen molar-refractivity contribution in [1.82, 2.24) is 4.90 Å². The maximum absolute atomic E-state index is 5.08. The van der Waals surface area contributed by atoms with Crippen molar-refractivity contribution >= 4 is 11.5 Å². The number of benzene rings is 2. The minimum Gasteiger partial charge on any atom is -0.353 e. The van der Waals surface area contributed by atoms with E-state index in [1.807, 2.05) is 0 Å². The number of para-hydroxylation sites is 1. The van der Waals surface area contributed by atoms with Crippen molar-refractivity contribution in [2.75, 3.05) is 6.54 Å². The fourth-order valence-corrected chi connectivity index (χ4v) is 4.14. The molecule has 0 saturated heterocycles. The topological polar surface area (TPSA) is 15.6 Å². The van der Waals surface area contributed by atoms with Crippen molar-refractivity contribution in [3.05, 3.63) is 65.7 Å². The van der Waals surface area contributed by atoms with E-state index in [1.54, 1.807) is 0 Å². The number of aliphatic imine (C=N–C) groups is 1. The van der Waals surface area contributed by atoms with Crippen molar-refractivity contribution < 1.29 is 0 Å². The van der Waals surface area contributed by atoms with Crippen molar-refractivity contribution in [2.45, 2.75) is 51.5 Å². The second kappa shape index (κ2) is 7.43. The van der Waals surface area contributed by atoms with Gasteiger partial charge < -0.3 is 4.90 Å². The lowest BCUT2D eigenvalue weighted by molar-refractivity contribution is 0.234. The molecule has 0 aromatic heterocycles. The van der Waals surface area contributed by atoms with Crippen molar-refractivity contribution in [1.29, 1.82) is 0 Å². The van der Waals surface area contributed by atoms with E-state index in [0.717, 1.165) is 31.0 Å². The van der Waals surface area contributed by atoms with E-state index in [-0.39, 0.29) is 0 Å². The molecule has 1 unspecified atom stereocenters. The van der Waals surface area contributed by atoms with Crippen LogP contribution >= 0.6 is 0 Å². The van der Waals surface area contributed by atoms with Crippen LogP contribution in [0.1, 0.15) is 56.2 Å². The number of hydrogen-bond donors (Lipinski definition) is 0. The van der Waals surface area contributed by atoms with Crippen LogP contribution in [0.2, 0.25) is 0 Å². The lowest BCUT2D eigenvalue weighted by Crippen LogP contribution is -2.37. The monoisotopic (exact) mass is 332 g/mol. The highest BCUT2D eigenvalue weighted by Gasteiger charge is 2.28. The van der Waals surface area contributed by atoms with Crippen LogP contribution in [0, 0.1) is 5.92 Å². The highest BCUT2D eigenvalue weighted by atomic mass is 15.2. The molecule has 2 aromatic rings. The fraction of sp³-hybridized carbons (Fsp3) is 0.435. The first-order valence-corrected chi connectivity index (χ1v) is 9.82. The molecule has 0 spiro atoms. The summed E-state index contributed by atoms with van der Waals surface area (Å²) in [6.45, 7) is 3.37. The zero-order valence-electron chi connectivity index (χ0n) is 15.2. The van der Waals surface area contributed by atoms with E-state index in [2.05, 4.69) is 66.4 Å². The molecule has 4 rings (SSSR count). The average molecular weight is 332 g/mol. The Hall–Kier alpha value is -2.09. The molecular formula is C23H28N2. The molecule has 1 saturated carbocycles. The van der Waals surface area contributed by atoms with E-state index in [9.17, 15) is 0 Å². The van der Waals surface area contributed by atoms with Crippen LogP contribution in [0.3, 0.4) is 0 Å². The van der Waals surface area contributed by atoms with Crippen LogP contribution in [0.25, 0.3) is 0 Å². The normalized spacial score (nSPS) is 20.4. The van der Waals surface area contributed by atoms with Gasteiger partial charge in [-0.05, 0) is 36.0 Å². The summed E-state index contributed by atoms with van der Waals surface area (Å²) >= 11 is 0. The Bertz CT molecular complexity index is 731. The van der Waals surface area contributed by atoms with Crippen molar-refractivity contribution in [3.8, 4) is 0 Å². The minimum atomic E-state index is 0.392. The van der Waals surface area contributed by atoms with Gasteiger partial charge in [-0.15, -0.1) is 0 Å². The summed E-state index contributed by atoms with van der Waals surface area (Å²) in [6, 6.07) is 20.1. The Kier molecular flexibility index (Phi) is 4.87. The third-order valence-corrected chi connectivity index (χ3v) is 5.87. The minimum absolute atomic E-state index is 0.392. The summed E-state index contributed by atoms with van der Waals surface area (Å²) in [5, 5.41) is 0. The van der Waals surface area contributed by atoms with Gasteiger partial charge in [-0.2, -0.15) is 0 Å². The van der Waals surface area contributed by atoms with E-state index < -0.39 is 0 Å². The predicted molar refractivity (Wildman–Crippen MR) is 105 cm³/mol. The third kappa shape index (κ3) is 3.49. The quantitative estimate of drug-likeness (QED) is 0.664. The molecule has 1 aliphatic carbocycles. The van der Waals surface area contributed by atoms with Gasteiger partial charge in [-0.1, -0.05) is 74.7 Å². The maximum atomic E-state index is 5.08. The van der Waals surface area contributed by atoms with Gasteiger partial charge in [-0.25, -0.2) is 4.99 Å². The van der Waals surface area contributed by atoms with Gasteiger partial charge in [0.15, 0.2) is 0 Å².